The van der Waals surface area contributed by atoms with Gasteiger partial charge in [-0.2, -0.15) is 5.26 Å². The van der Waals surface area contributed by atoms with Gasteiger partial charge in [0, 0.05) is 105 Å². The highest BCUT2D eigenvalue weighted by atomic mass is 35.5. The molecule has 1 N–H and O–H groups in total. The molecule has 0 spiro atoms. The largest absolute Gasteiger partial charge is 0.490 e. The van der Waals surface area contributed by atoms with Crippen LogP contribution in [-0.2, 0) is 16.1 Å². The fourth-order valence-corrected chi connectivity index (χ4v) is 8.45. The highest BCUT2D eigenvalue weighted by molar-refractivity contribution is 6.31. The summed E-state index contributed by atoms with van der Waals surface area (Å²) in [7, 11) is 0. The molecule has 8 rings (SSSR count). The number of carbonyl (C=O) groups is 4. The van der Waals surface area contributed by atoms with E-state index in [4.69, 9.17) is 21.6 Å². The number of nitrogens with zero attached hydrogens (tertiary/aromatic N) is 5. The van der Waals surface area contributed by atoms with Crippen LogP contribution in [0.4, 0.5) is 5.69 Å². The molecule has 3 aromatic carbocycles. The molecule has 5 aliphatic heterocycles. The molecule has 54 heavy (non-hydrogen) atoms. The van der Waals surface area contributed by atoms with Crippen molar-refractivity contribution in [2.75, 3.05) is 44.2 Å². The van der Waals surface area contributed by atoms with Crippen LogP contribution >= 0.6 is 11.6 Å². The molecule has 4 amide bonds. The van der Waals surface area contributed by atoms with Crippen LogP contribution in [-0.4, -0.2) is 95.8 Å². The number of fused-ring (bicyclic) bond motifs is 1. The maximum Gasteiger partial charge on any atom is 0.255 e. The van der Waals surface area contributed by atoms with Gasteiger partial charge in [-0.25, -0.2) is 0 Å². The van der Waals surface area contributed by atoms with Gasteiger partial charge in [0.15, 0.2) is 0 Å². The molecular formula is C42H41ClN6O5. The zero-order chi connectivity index (χ0) is 37.3. The smallest absolute Gasteiger partial charge is 0.255 e. The first-order chi connectivity index (χ1) is 26.2. The monoisotopic (exact) mass is 744 g/mol. The lowest BCUT2D eigenvalue weighted by molar-refractivity contribution is -0.136. The molecule has 0 saturated carbocycles. The molecule has 0 bridgehead atoms. The van der Waals surface area contributed by atoms with Crippen LogP contribution < -0.4 is 15.0 Å². The molecule has 11 nitrogen and oxygen atoms in total. The Morgan fingerprint density at radius 1 is 0.889 bits per heavy atom. The predicted octanol–water partition coefficient (Wildman–Crippen LogP) is 4.61. The second-order valence-electron chi connectivity index (χ2n) is 14.8. The van der Waals surface area contributed by atoms with E-state index in [1.165, 1.54) is 0 Å². The van der Waals surface area contributed by atoms with Crippen molar-refractivity contribution >= 4 is 40.9 Å². The predicted molar refractivity (Wildman–Crippen MR) is 202 cm³/mol. The highest BCUT2D eigenvalue weighted by Gasteiger charge is 2.39. The standard InChI is InChI=1S/C42H41ClN6O5/c43-37-22-35(10-7-30(37)23-44)54-34-15-19-47(20-16-34)41(52)29-5-8-32(9-6-29)46-17-13-33(14-18-46)48-24-28(25-48)2-1-27-3-4-31-26-49(42(53)36(31)21-27)38-11-12-39(50)45-40(38)51/h3-10,21-22,28,33-34,38H,11-20,24-26H2,(H,45,50,51). The molecule has 5 heterocycles. The minimum Gasteiger partial charge on any atom is -0.490 e. The molecule has 0 aliphatic carbocycles. The summed E-state index contributed by atoms with van der Waals surface area (Å²) in [5, 5.41) is 11.8. The summed E-state index contributed by atoms with van der Waals surface area (Å²) in [4.78, 5) is 58.7. The molecule has 1 unspecified atom stereocenters. The Kier molecular flexibility index (Phi) is 10.0. The van der Waals surface area contributed by atoms with E-state index in [0.29, 0.717) is 59.6 Å². The maximum absolute atomic E-state index is 13.3. The lowest BCUT2D eigenvalue weighted by Crippen LogP contribution is -2.54. The third-order valence-electron chi connectivity index (χ3n) is 11.4. The number of benzene rings is 3. The normalized spacial score (nSPS) is 21.1. The minimum atomic E-state index is -0.618. The van der Waals surface area contributed by atoms with Crippen molar-refractivity contribution in [1.29, 1.82) is 5.26 Å². The summed E-state index contributed by atoms with van der Waals surface area (Å²) in [6.45, 7) is 5.40. The van der Waals surface area contributed by atoms with E-state index < -0.39 is 11.9 Å². The number of nitrogens with one attached hydrogen (secondary N) is 1. The third kappa shape index (κ3) is 7.39. The summed E-state index contributed by atoms with van der Waals surface area (Å²) in [5.41, 5.74) is 4.52. The van der Waals surface area contributed by atoms with Gasteiger partial charge >= 0.3 is 0 Å². The molecule has 4 fully saturated rings. The van der Waals surface area contributed by atoms with Gasteiger partial charge in [0.1, 0.15) is 24.0 Å². The Balaban J connectivity index is 0.767. The van der Waals surface area contributed by atoms with Crippen LogP contribution in [0.5, 0.6) is 5.75 Å². The number of carbonyl (C=O) groups excluding carboxylic acids is 4. The van der Waals surface area contributed by atoms with Gasteiger partial charge in [-0.05, 0) is 73.4 Å². The summed E-state index contributed by atoms with van der Waals surface area (Å²) in [6, 6.07) is 20.8. The Morgan fingerprint density at radius 2 is 1.65 bits per heavy atom. The number of rotatable bonds is 6. The first-order valence-electron chi connectivity index (χ1n) is 18.8. The van der Waals surface area contributed by atoms with Crippen molar-refractivity contribution in [3.63, 3.8) is 0 Å². The second-order valence-corrected chi connectivity index (χ2v) is 15.2. The zero-order valence-electron chi connectivity index (χ0n) is 29.9. The van der Waals surface area contributed by atoms with Crippen LogP contribution in [0.15, 0.2) is 60.7 Å². The van der Waals surface area contributed by atoms with E-state index in [0.717, 1.165) is 68.7 Å². The fourth-order valence-electron chi connectivity index (χ4n) is 8.24. The Labute approximate surface area is 319 Å². The molecule has 12 heteroatoms. The number of piperidine rings is 3. The van der Waals surface area contributed by atoms with Crippen molar-refractivity contribution in [3.05, 3.63) is 93.5 Å². The molecule has 4 saturated heterocycles. The van der Waals surface area contributed by atoms with Gasteiger partial charge in [0.25, 0.3) is 11.8 Å². The van der Waals surface area contributed by atoms with Gasteiger partial charge in [0.2, 0.25) is 11.8 Å². The molecular weight excluding hydrogens is 704 g/mol. The Bertz CT molecular complexity index is 2080. The number of amides is 4. The lowest BCUT2D eigenvalue weighted by Gasteiger charge is -2.46. The number of anilines is 1. The number of halogens is 1. The van der Waals surface area contributed by atoms with Crippen molar-refractivity contribution in [2.45, 2.75) is 63.3 Å². The molecule has 276 valence electrons. The summed E-state index contributed by atoms with van der Waals surface area (Å²) >= 11 is 6.15. The lowest BCUT2D eigenvalue weighted by atomic mass is 9.93. The van der Waals surface area contributed by atoms with Crippen LogP contribution in [0, 0.1) is 29.1 Å². The summed E-state index contributed by atoms with van der Waals surface area (Å²) < 4.78 is 6.08. The van der Waals surface area contributed by atoms with Crippen LogP contribution in [0.1, 0.15) is 75.9 Å². The van der Waals surface area contributed by atoms with Crippen LogP contribution in [0.2, 0.25) is 5.02 Å². The van der Waals surface area contributed by atoms with Crippen LogP contribution in [0.3, 0.4) is 0 Å². The molecule has 3 aromatic rings. The number of imide groups is 1. The van der Waals surface area contributed by atoms with Crippen molar-refractivity contribution in [2.24, 2.45) is 5.92 Å². The Hall–Kier alpha value is -5.36. The van der Waals surface area contributed by atoms with E-state index >= 15 is 0 Å². The quantitative estimate of drug-likeness (QED) is 0.287. The third-order valence-corrected chi connectivity index (χ3v) is 11.7. The van der Waals surface area contributed by atoms with Crippen molar-refractivity contribution in [1.82, 2.24) is 20.0 Å². The molecule has 5 aliphatic rings. The first-order valence-corrected chi connectivity index (χ1v) is 19.1. The fraction of sp³-hybridized carbons (Fsp3) is 0.405. The average Bonchev–Trinajstić information content (AvgIpc) is 3.49. The minimum absolute atomic E-state index is 0.00933. The average molecular weight is 745 g/mol. The molecule has 0 radical (unpaired) electrons. The van der Waals surface area contributed by atoms with E-state index in [2.05, 4.69) is 45.2 Å². The van der Waals surface area contributed by atoms with Crippen molar-refractivity contribution in [3.8, 4) is 23.7 Å². The van der Waals surface area contributed by atoms with E-state index in [-0.39, 0.29) is 36.2 Å². The van der Waals surface area contributed by atoms with Crippen molar-refractivity contribution < 1.29 is 23.9 Å². The molecule has 1 atom stereocenters. The van der Waals surface area contributed by atoms with Crippen LogP contribution in [0.25, 0.3) is 0 Å². The number of ether oxygens (including phenoxy) is 1. The van der Waals surface area contributed by atoms with Gasteiger partial charge in [0.05, 0.1) is 10.6 Å². The molecule has 0 aromatic heterocycles. The van der Waals surface area contributed by atoms with E-state index in [9.17, 15) is 19.2 Å². The van der Waals surface area contributed by atoms with Gasteiger partial charge in [-0.15, -0.1) is 0 Å². The topological polar surface area (TPSA) is 126 Å². The summed E-state index contributed by atoms with van der Waals surface area (Å²) in [6.07, 6.45) is 4.18. The first kappa shape index (κ1) is 35.7. The maximum atomic E-state index is 13.3. The number of nitriles is 1. The summed E-state index contributed by atoms with van der Waals surface area (Å²) in [5.74, 6) is 6.78. The van der Waals surface area contributed by atoms with Gasteiger partial charge in [-0.1, -0.05) is 29.5 Å². The number of hydrogen-bond donors (Lipinski definition) is 1. The Morgan fingerprint density at radius 3 is 2.35 bits per heavy atom. The van der Waals surface area contributed by atoms with E-state index in [1.54, 1.807) is 23.1 Å². The van der Waals surface area contributed by atoms with Gasteiger partial charge in [-0.3, -0.25) is 29.4 Å². The van der Waals surface area contributed by atoms with Gasteiger partial charge < -0.3 is 19.4 Å². The van der Waals surface area contributed by atoms with E-state index in [1.807, 2.05) is 35.2 Å². The number of likely N-dealkylation sites (tertiary alicyclic amines) is 2. The zero-order valence-corrected chi connectivity index (χ0v) is 30.7. The SMILES string of the molecule is N#Cc1ccc(OC2CCN(C(=O)c3ccc(N4CCC(N5CC(C#Cc6ccc7c(c6)C(=O)N(C6CCC(=O)NC6=O)C7)C5)CC4)cc3)CC2)cc1Cl. The number of hydrogen-bond acceptors (Lipinski definition) is 8. The highest BCUT2D eigenvalue weighted by Crippen LogP contribution is 2.31. The second kappa shape index (κ2) is 15.2.